The van der Waals surface area contributed by atoms with Crippen molar-refractivity contribution in [2.24, 2.45) is 5.92 Å². The fourth-order valence-corrected chi connectivity index (χ4v) is 3.32. The average molecular weight is 399 g/mol. The third-order valence-corrected chi connectivity index (χ3v) is 5.03. The second-order valence-corrected chi connectivity index (χ2v) is 7.37. The van der Waals surface area contributed by atoms with Crippen molar-refractivity contribution in [2.75, 3.05) is 7.11 Å². The molecule has 0 aromatic heterocycles. The van der Waals surface area contributed by atoms with Crippen LogP contribution in [0.3, 0.4) is 0 Å². The van der Waals surface area contributed by atoms with Crippen LogP contribution in [-0.2, 0) is 25.7 Å². The quantitative estimate of drug-likeness (QED) is 0.716. The molecule has 1 heterocycles. The zero-order valence-corrected chi connectivity index (χ0v) is 16.4. The van der Waals surface area contributed by atoms with Crippen molar-refractivity contribution in [3.05, 3.63) is 34.6 Å². The van der Waals surface area contributed by atoms with Crippen LogP contribution in [-0.4, -0.2) is 41.9 Å². The van der Waals surface area contributed by atoms with E-state index in [1.54, 1.807) is 18.7 Å². The minimum Gasteiger partial charge on any atom is -0.467 e. The molecule has 2 rings (SSSR count). The Morgan fingerprint density at radius 1 is 1.41 bits per heavy atom. The smallest absolute Gasteiger partial charge is 0.328 e. The lowest BCUT2D eigenvalue weighted by atomic mass is 10.0. The van der Waals surface area contributed by atoms with Crippen molar-refractivity contribution < 1.29 is 23.5 Å². The molecule has 1 aromatic carbocycles. The molecular weight excluding hydrogens is 375 g/mol. The third-order valence-electron chi connectivity index (χ3n) is 4.66. The summed E-state index contributed by atoms with van der Waals surface area (Å²) in [6.45, 7) is 3.75. The normalized spacial score (nSPS) is 17.9. The van der Waals surface area contributed by atoms with Crippen LogP contribution in [0.2, 0.25) is 5.02 Å². The van der Waals surface area contributed by atoms with Crippen LogP contribution in [0.5, 0.6) is 0 Å². The fraction of sp³-hybridized carbons (Fsp3) is 0.526. The number of carbonyl (C=O) groups excluding carboxylic acids is 3. The van der Waals surface area contributed by atoms with E-state index in [4.69, 9.17) is 16.3 Å². The molecule has 0 bridgehead atoms. The molecule has 1 N–H and O–H groups in total. The summed E-state index contributed by atoms with van der Waals surface area (Å²) in [6, 6.07) is 2.91. The van der Waals surface area contributed by atoms with Crippen molar-refractivity contribution >= 4 is 29.4 Å². The topological polar surface area (TPSA) is 75.7 Å². The maximum atomic E-state index is 13.5. The van der Waals surface area contributed by atoms with Gasteiger partial charge >= 0.3 is 5.97 Å². The van der Waals surface area contributed by atoms with Crippen LogP contribution >= 0.6 is 11.6 Å². The number of hydrogen-bond acceptors (Lipinski definition) is 4. The van der Waals surface area contributed by atoms with E-state index >= 15 is 0 Å². The predicted molar refractivity (Wildman–Crippen MR) is 98.4 cm³/mol. The van der Waals surface area contributed by atoms with Gasteiger partial charge in [-0.05, 0) is 36.1 Å². The van der Waals surface area contributed by atoms with E-state index < -0.39 is 17.8 Å². The van der Waals surface area contributed by atoms with Crippen LogP contribution in [0.15, 0.2) is 18.2 Å². The molecule has 1 aliphatic rings. The molecule has 148 valence electrons. The summed E-state index contributed by atoms with van der Waals surface area (Å²) in [4.78, 5) is 38.0. The van der Waals surface area contributed by atoms with Crippen LogP contribution in [0.4, 0.5) is 4.39 Å². The number of nitrogens with zero attached hydrogens (tertiary/aromatic N) is 1. The SMILES string of the molecule is COC(=O)[C@@H](NC(=O)C[C@@H]1CCC(=O)N1Cc1cc(F)ccc1Cl)C(C)C. The number of nitrogens with one attached hydrogen (secondary N) is 1. The molecule has 1 saturated heterocycles. The summed E-state index contributed by atoms with van der Waals surface area (Å²) in [5, 5.41) is 3.04. The number of likely N-dealkylation sites (tertiary alicyclic amines) is 1. The highest BCUT2D eigenvalue weighted by molar-refractivity contribution is 6.31. The molecule has 0 radical (unpaired) electrons. The molecule has 1 aliphatic heterocycles. The second kappa shape index (κ2) is 9.17. The van der Waals surface area contributed by atoms with Crippen LogP contribution in [0.1, 0.15) is 38.7 Å². The molecule has 6 nitrogen and oxygen atoms in total. The molecule has 0 saturated carbocycles. The van der Waals surface area contributed by atoms with Crippen molar-refractivity contribution in [3.63, 3.8) is 0 Å². The highest BCUT2D eigenvalue weighted by atomic mass is 35.5. The molecule has 2 amide bonds. The first-order chi connectivity index (χ1) is 12.7. The molecule has 2 atom stereocenters. The first kappa shape index (κ1) is 21.2. The number of esters is 1. The number of amides is 2. The Labute approximate surface area is 163 Å². The minimum atomic E-state index is -0.745. The number of methoxy groups -OCH3 is 1. The molecule has 27 heavy (non-hydrogen) atoms. The number of benzene rings is 1. The lowest BCUT2D eigenvalue weighted by molar-refractivity contribution is -0.146. The monoisotopic (exact) mass is 398 g/mol. The first-order valence-corrected chi connectivity index (χ1v) is 9.21. The molecule has 8 heteroatoms. The van der Waals surface area contributed by atoms with Gasteiger partial charge in [-0.2, -0.15) is 0 Å². The summed E-state index contributed by atoms with van der Waals surface area (Å²) < 4.78 is 18.2. The third kappa shape index (κ3) is 5.42. The molecule has 0 spiro atoms. The molecule has 0 unspecified atom stereocenters. The van der Waals surface area contributed by atoms with Crippen molar-refractivity contribution in [1.29, 1.82) is 0 Å². The fourth-order valence-electron chi connectivity index (χ4n) is 3.14. The van der Waals surface area contributed by atoms with Crippen LogP contribution in [0, 0.1) is 11.7 Å². The maximum absolute atomic E-state index is 13.5. The van der Waals surface area contributed by atoms with E-state index in [0.717, 1.165) is 0 Å². The zero-order chi connectivity index (χ0) is 20.1. The van der Waals surface area contributed by atoms with Gasteiger partial charge in [-0.15, -0.1) is 0 Å². The number of halogens is 2. The summed E-state index contributed by atoms with van der Waals surface area (Å²) in [5.41, 5.74) is 0.493. The van der Waals surface area contributed by atoms with Gasteiger partial charge in [0.2, 0.25) is 11.8 Å². The maximum Gasteiger partial charge on any atom is 0.328 e. The van der Waals surface area contributed by atoms with Crippen LogP contribution in [0.25, 0.3) is 0 Å². The van der Waals surface area contributed by atoms with Gasteiger partial charge < -0.3 is 15.0 Å². The Bertz CT molecular complexity index is 726. The summed E-state index contributed by atoms with van der Waals surface area (Å²) in [7, 11) is 1.27. The van der Waals surface area contributed by atoms with Crippen LogP contribution < -0.4 is 5.32 Å². The summed E-state index contributed by atoms with van der Waals surface area (Å²) >= 11 is 6.09. The minimum absolute atomic E-state index is 0.0545. The van der Waals surface area contributed by atoms with E-state index in [0.29, 0.717) is 23.4 Å². The first-order valence-electron chi connectivity index (χ1n) is 8.83. The standard InChI is InChI=1S/C19H24ClFN2O4/c1-11(2)18(19(26)27-3)22-16(24)9-14-5-7-17(25)23(14)10-12-8-13(21)4-6-15(12)20/h4,6,8,11,14,18H,5,7,9-10H2,1-3H3,(H,22,24)/t14-,18-/m0/s1. The largest absolute Gasteiger partial charge is 0.467 e. The van der Waals surface area contributed by atoms with Gasteiger partial charge in [-0.25, -0.2) is 9.18 Å². The van der Waals surface area contributed by atoms with Crippen molar-refractivity contribution in [3.8, 4) is 0 Å². The van der Waals surface area contributed by atoms with Gasteiger partial charge in [-0.1, -0.05) is 25.4 Å². The van der Waals surface area contributed by atoms with Crippen molar-refractivity contribution in [2.45, 2.75) is 51.7 Å². The lowest BCUT2D eigenvalue weighted by Gasteiger charge is -2.26. The Kier molecular flexibility index (Phi) is 7.18. The van der Waals surface area contributed by atoms with E-state index in [-0.39, 0.29) is 36.7 Å². The Balaban J connectivity index is 2.06. The number of ether oxygens (including phenoxy) is 1. The van der Waals surface area contributed by atoms with Gasteiger partial charge in [0.25, 0.3) is 0 Å². The van der Waals surface area contributed by atoms with Gasteiger partial charge in [0, 0.05) is 30.5 Å². The lowest BCUT2D eigenvalue weighted by Crippen LogP contribution is -2.47. The van der Waals surface area contributed by atoms with Gasteiger partial charge in [0.05, 0.1) is 7.11 Å². The van der Waals surface area contributed by atoms with E-state index in [2.05, 4.69) is 5.32 Å². The van der Waals surface area contributed by atoms with Gasteiger partial charge in [0.15, 0.2) is 0 Å². The molecule has 0 aliphatic carbocycles. The Morgan fingerprint density at radius 2 is 2.11 bits per heavy atom. The van der Waals surface area contributed by atoms with E-state index in [1.165, 1.54) is 25.3 Å². The molecule has 1 aromatic rings. The number of hydrogen-bond donors (Lipinski definition) is 1. The molecular formula is C19H24ClFN2O4. The Hall–Kier alpha value is -2.15. The number of rotatable bonds is 7. The van der Waals surface area contributed by atoms with E-state index in [9.17, 15) is 18.8 Å². The zero-order valence-electron chi connectivity index (χ0n) is 15.6. The average Bonchev–Trinajstić information content (AvgIpc) is 2.95. The summed E-state index contributed by atoms with van der Waals surface area (Å²) in [6.07, 6.45) is 0.887. The Morgan fingerprint density at radius 3 is 2.74 bits per heavy atom. The summed E-state index contributed by atoms with van der Waals surface area (Å²) in [5.74, 6) is -1.53. The number of carbonyl (C=O) groups is 3. The van der Waals surface area contributed by atoms with Gasteiger partial charge in [0.1, 0.15) is 11.9 Å². The highest BCUT2D eigenvalue weighted by Gasteiger charge is 2.34. The predicted octanol–water partition coefficient (Wildman–Crippen LogP) is 2.67. The van der Waals surface area contributed by atoms with E-state index in [1.807, 2.05) is 0 Å². The highest BCUT2D eigenvalue weighted by Crippen LogP contribution is 2.27. The van der Waals surface area contributed by atoms with Crippen molar-refractivity contribution in [1.82, 2.24) is 10.2 Å². The second-order valence-electron chi connectivity index (χ2n) is 6.97. The van der Waals surface area contributed by atoms with Gasteiger partial charge in [-0.3, -0.25) is 9.59 Å². The molecule has 1 fully saturated rings.